The summed E-state index contributed by atoms with van der Waals surface area (Å²) in [5.74, 6) is 0.0299. The number of rotatable bonds is 5. The molecular weight excluding hydrogens is 446 g/mol. The molecule has 0 unspecified atom stereocenters. The van der Waals surface area contributed by atoms with Crippen molar-refractivity contribution in [2.45, 2.75) is 77.4 Å². The Balaban J connectivity index is 1.56. The molecule has 2 aliphatic rings. The lowest BCUT2D eigenvalue weighted by molar-refractivity contribution is -0.143. The molecule has 1 aliphatic heterocycles. The minimum atomic E-state index is -0.695. The van der Waals surface area contributed by atoms with E-state index in [4.69, 9.17) is 9.72 Å². The third kappa shape index (κ3) is 4.28. The Labute approximate surface area is 204 Å². The van der Waals surface area contributed by atoms with E-state index in [1.54, 1.807) is 4.90 Å². The van der Waals surface area contributed by atoms with E-state index in [0.717, 1.165) is 72.5 Å². The smallest absolute Gasteiger partial charge is 0.414 e. The van der Waals surface area contributed by atoms with Gasteiger partial charge in [-0.1, -0.05) is 0 Å². The molecule has 35 heavy (non-hydrogen) atoms. The van der Waals surface area contributed by atoms with Crippen molar-refractivity contribution in [1.29, 1.82) is 0 Å². The molecule has 5 rings (SSSR count). The van der Waals surface area contributed by atoms with Crippen molar-refractivity contribution in [3.05, 3.63) is 41.5 Å². The maximum atomic E-state index is 12.6. The van der Waals surface area contributed by atoms with Gasteiger partial charge in [-0.2, -0.15) is 5.10 Å². The normalized spacial score (nSPS) is 22.3. The number of carboxylic acids is 1. The van der Waals surface area contributed by atoms with Gasteiger partial charge in [-0.3, -0.25) is 14.4 Å². The summed E-state index contributed by atoms with van der Waals surface area (Å²) in [5, 5.41) is 14.0. The first-order chi connectivity index (χ1) is 16.9. The van der Waals surface area contributed by atoms with Crippen LogP contribution < -0.4 is 4.90 Å². The zero-order chi connectivity index (χ0) is 24.7. The predicted molar refractivity (Wildman–Crippen MR) is 132 cm³/mol. The maximum absolute atomic E-state index is 12.6. The fourth-order valence-electron chi connectivity index (χ4n) is 5.79. The van der Waals surface area contributed by atoms with Gasteiger partial charge in [0.25, 0.3) is 0 Å². The summed E-state index contributed by atoms with van der Waals surface area (Å²) >= 11 is 0. The number of aromatic nitrogens is 4. The third-order valence-electron chi connectivity index (χ3n) is 7.65. The highest BCUT2D eigenvalue weighted by Crippen LogP contribution is 2.40. The molecule has 9 nitrogen and oxygen atoms in total. The number of nitrogens with zero attached hydrogens (tertiary/aromatic N) is 5. The molecule has 3 aromatic rings. The molecule has 9 heteroatoms. The number of hydrogen-bond acceptors (Lipinski definition) is 5. The van der Waals surface area contributed by atoms with Crippen LogP contribution >= 0.6 is 0 Å². The highest BCUT2D eigenvalue weighted by molar-refractivity contribution is 5.95. The molecule has 0 saturated heterocycles. The number of carbonyl (C=O) groups excluding carboxylic acids is 1. The molecule has 1 N–H and O–H groups in total. The highest BCUT2D eigenvalue weighted by atomic mass is 16.5. The van der Waals surface area contributed by atoms with Crippen LogP contribution in [0.4, 0.5) is 10.5 Å². The minimum absolute atomic E-state index is 0.0586. The molecule has 0 spiro atoms. The van der Waals surface area contributed by atoms with Gasteiger partial charge in [0, 0.05) is 36.8 Å². The van der Waals surface area contributed by atoms with Crippen molar-refractivity contribution in [2.75, 3.05) is 12.0 Å². The molecule has 1 atom stereocenters. The molecule has 0 radical (unpaired) electrons. The van der Waals surface area contributed by atoms with Crippen LogP contribution in [0.3, 0.4) is 0 Å². The standard InChI is InChI=1S/C26H33N5O4/c1-16-12-14-29(28-16)15-13-23-27-24-20-9-4-17(2)30(26(34)35-3)21(20)10-11-22(24)31(23)19-7-5-18(6-8-19)25(32)33/h10-12,14,17-19H,4-9,13,15H2,1-3H3,(H,32,33)/t17-,18?,19?/m0/s1. The summed E-state index contributed by atoms with van der Waals surface area (Å²) in [7, 11) is 1.42. The minimum Gasteiger partial charge on any atom is -0.481 e. The van der Waals surface area contributed by atoms with Gasteiger partial charge in [-0.05, 0) is 70.6 Å². The Hall–Kier alpha value is -3.36. The number of fused-ring (bicyclic) bond motifs is 3. The largest absolute Gasteiger partial charge is 0.481 e. The van der Waals surface area contributed by atoms with Gasteiger partial charge >= 0.3 is 12.1 Å². The fourth-order valence-corrected chi connectivity index (χ4v) is 5.79. The molecule has 1 aromatic carbocycles. The molecule has 1 amide bonds. The van der Waals surface area contributed by atoms with E-state index >= 15 is 0 Å². The number of aryl methyl sites for hydroxylation is 4. The van der Waals surface area contributed by atoms with Crippen molar-refractivity contribution in [3.8, 4) is 0 Å². The Kier molecular flexibility index (Phi) is 6.25. The lowest BCUT2D eigenvalue weighted by Gasteiger charge is -2.34. The van der Waals surface area contributed by atoms with Crippen molar-refractivity contribution in [3.63, 3.8) is 0 Å². The first-order valence-electron chi connectivity index (χ1n) is 12.5. The zero-order valence-electron chi connectivity index (χ0n) is 20.6. The maximum Gasteiger partial charge on any atom is 0.414 e. The van der Waals surface area contributed by atoms with E-state index in [0.29, 0.717) is 12.8 Å². The number of hydrogen-bond donors (Lipinski definition) is 1. The van der Waals surface area contributed by atoms with Gasteiger partial charge in [0.2, 0.25) is 0 Å². The number of carbonyl (C=O) groups is 2. The number of anilines is 1. The molecule has 1 saturated carbocycles. The number of aliphatic carboxylic acids is 1. The van der Waals surface area contributed by atoms with Gasteiger partial charge in [0.1, 0.15) is 5.82 Å². The van der Waals surface area contributed by atoms with Crippen molar-refractivity contribution >= 4 is 28.8 Å². The van der Waals surface area contributed by atoms with Gasteiger partial charge in [-0.15, -0.1) is 0 Å². The molecule has 1 aliphatic carbocycles. The Morgan fingerprint density at radius 1 is 1.14 bits per heavy atom. The van der Waals surface area contributed by atoms with Crippen LogP contribution in [0.2, 0.25) is 0 Å². The number of ether oxygens (including phenoxy) is 1. The second-order valence-electron chi connectivity index (χ2n) is 9.87. The quantitative estimate of drug-likeness (QED) is 0.578. The zero-order valence-corrected chi connectivity index (χ0v) is 20.6. The Morgan fingerprint density at radius 3 is 2.57 bits per heavy atom. The topological polar surface area (TPSA) is 102 Å². The first-order valence-corrected chi connectivity index (χ1v) is 12.5. The average molecular weight is 480 g/mol. The van der Waals surface area contributed by atoms with E-state index in [2.05, 4.69) is 15.7 Å². The summed E-state index contributed by atoms with van der Waals surface area (Å²) < 4.78 is 9.35. The Morgan fingerprint density at radius 2 is 1.91 bits per heavy atom. The summed E-state index contributed by atoms with van der Waals surface area (Å²) in [6, 6.07) is 6.35. The second-order valence-corrected chi connectivity index (χ2v) is 9.87. The van der Waals surface area contributed by atoms with Crippen LogP contribution in [0.25, 0.3) is 11.0 Å². The van der Waals surface area contributed by atoms with Crippen molar-refractivity contribution in [2.24, 2.45) is 5.92 Å². The Bertz CT molecular complexity index is 1250. The molecule has 3 heterocycles. The molecule has 1 fully saturated rings. The third-order valence-corrected chi connectivity index (χ3v) is 7.65. The molecule has 0 bridgehead atoms. The number of benzene rings is 1. The lowest BCUT2D eigenvalue weighted by atomic mass is 9.86. The van der Waals surface area contributed by atoms with E-state index in [9.17, 15) is 14.7 Å². The fraction of sp³-hybridized carbons (Fsp3) is 0.538. The number of amides is 1. The van der Waals surface area contributed by atoms with Crippen molar-refractivity contribution < 1.29 is 19.4 Å². The average Bonchev–Trinajstić information content (AvgIpc) is 3.45. The second kappa shape index (κ2) is 9.36. The van der Waals surface area contributed by atoms with Crippen LogP contribution in [-0.4, -0.2) is 49.7 Å². The summed E-state index contributed by atoms with van der Waals surface area (Å²) in [6.45, 7) is 4.74. The number of imidazole rings is 1. The van der Waals surface area contributed by atoms with E-state index in [-0.39, 0.29) is 24.1 Å². The number of carboxylic acid groups (broad SMARTS) is 1. The summed E-state index contributed by atoms with van der Waals surface area (Å²) in [5.41, 5.74) is 4.94. The first kappa shape index (κ1) is 23.4. The lowest BCUT2D eigenvalue weighted by Crippen LogP contribution is -2.42. The van der Waals surface area contributed by atoms with E-state index < -0.39 is 5.97 Å². The van der Waals surface area contributed by atoms with Gasteiger partial charge in [-0.25, -0.2) is 9.78 Å². The highest BCUT2D eigenvalue weighted by Gasteiger charge is 2.33. The van der Waals surface area contributed by atoms with Gasteiger partial charge < -0.3 is 14.4 Å². The van der Waals surface area contributed by atoms with Crippen LogP contribution in [0.5, 0.6) is 0 Å². The summed E-state index contributed by atoms with van der Waals surface area (Å²) in [4.78, 5) is 31.0. The van der Waals surface area contributed by atoms with E-state index in [1.165, 1.54) is 7.11 Å². The van der Waals surface area contributed by atoms with E-state index in [1.807, 2.05) is 36.9 Å². The molecule has 186 valence electrons. The van der Waals surface area contributed by atoms with Gasteiger partial charge in [0.05, 0.1) is 35.4 Å². The van der Waals surface area contributed by atoms with Crippen molar-refractivity contribution in [1.82, 2.24) is 19.3 Å². The summed E-state index contributed by atoms with van der Waals surface area (Å²) in [6.07, 6.45) is 7.04. The van der Waals surface area contributed by atoms with Gasteiger partial charge in [0.15, 0.2) is 0 Å². The SMILES string of the molecule is COC(=O)N1c2ccc3c(nc(CCn4ccc(C)n4)n3C3CCC(C(=O)O)CC3)c2CC[C@@H]1C. The molecule has 2 aromatic heterocycles. The van der Waals surface area contributed by atoms with Crippen LogP contribution in [0, 0.1) is 12.8 Å². The monoisotopic (exact) mass is 479 g/mol. The van der Waals surface area contributed by atoms with Crippen LogP contribution in [0.1, 0.15) is 62.2 Å². The van der Waals surface area contributed by atoms with Crippen LogP contribution in [0.15, 0.2) is 24.4 Å². The van der Waals surface area contributed by atoms with Crippen LogP contribution in [-0.2, 0) is 28.9 Å². The number of methoxy groups -OCH3 is 1. The molecular formula is C26H33N5O4. The predicted octanol–water partition coefficient (Wildman–Crippen LogP) is 4.51.